The van der Waals surface area contributed by atoms with Crippen molar-refractivity contribution in [2.24, 2.45) is 0 Å². The van der Waals surface area contributed by atoms with Crippen LogP contribution in [0.4, 0.5) is 22.7 Å². The van der Waals surface area contributed by atoms with E-state index in [0.717, 1.165) is 12.8 Å². The molecule has 3 heterocycles. The van der Waals surface area contributed by atoms with Crippen molar-refractivity contribution < 1.29 is 0 Å². The normalized spacial score (nSPS) is 12.6. The highest BCUT2D eigenvalue weighted by molar-refractivity contribution is 7.00. The van der Waals surface area contributed by atoms with Crippen LogP contribution in [0.3, 0.4) is 0 Å². The zero-order valence-electron chi connectivity index (χ0n) is 63.1. The van der Waals surface area contributed by atoms with Crippen molar-refractivity contribution in [3.8, 4) is 77.9 Å². The molecule has 15 aromatic rings. The fraction of sp³-hybridized carbons (Fsp3) is 0.184. The molecule has 2 aliphatic rings. The first-order valence-corrected chi connectivity index (χ1v) is 39.1. The highest BCUT2D eigenvalue weighted by Crippen LogP contribution is 2.48. The van der Waals surface area contributed by atoms with Gasteiger partial charge in [0.2, 0.25) is 0 Å². The molecule has 0 aliphatic carbocycles. The Hall–Kier alpha value is -11.5. The van der Waals surface area contributed by atoms with Crippen LogP contribution in [0, 0.1) is 0 Å². The molecule has 0 saturated heterocycles. The Balaban J connectivity index is 0.949. The number of hydrogen-bond acceptors (Lipinski definition) is 2. The molecular formula is C103H94BN3. The maximum absolute atomic E-state index is 2.80. The molecule has 0 N–H and O–H groups in total. The third-order valence-corrected chi connectivity index (χ3v) is 22.9. The summed E-state index contributed by atoms with van der Waals surface area (Å²) < 4.78 is 2.62. The number of anilines is 4. The lowest BCUT2D eigenvalue weighted by molar-refractivity contribution is 0.590. The van der Waals surface area contributed by atoms with Gasteiger partial charge in [-0.15, -0.1) is 0 Å². The van der Waals surface area contributed by atoms with E-state index in [1.54, 1.807) is 0 Å². The molecule has 0 fully saturated rings. The maximum Gasteiger partial charge on any atom is 0.252 e. The standard InChI is InChI=1S/C103H94BN3/c1-8-9-10-11-12-20-35-71-58-99-101-100(59-71)107(70-92-87(78-46-31-18-32-47-78)63-82(75-40-25-15-26-41-75)64-88(92)79-48-33-19-34-49-79)98-60-72(68-105-95-56-52-83(102(2,3)4)66-89(95)90-67-84(103(5,6)7)53-57-96(90)105)50-54-93(98)104(101)94-65-80(73-36-21-13-22-37-73)51-55-97(94)106(99)69-91-85(76-42-27-16-28-43-76)61-81(74-38-23-14-24-39-74)62-86(91)77-44-29-17-30-45-77/h13-19,21-34,36-67H,8-12,20,35,68-70H2,1-7H3. The molecule has 17 rings (SSSR count). The van der Waals surface area contributed by atoms with Crippen LogP contribution in [0.15, 0.2) is 322 Å². The number of hydrogen-bond donors (Lipinski definition) is 0. The number of benzene rings is 14. The Labute approximate surface area is 634 Å². The van der Waals surface area contributed by atoms with Crippen LogP contribution in [0.25, 0.3) is 99.7 Å². The van der Waals surface area contributed by atoms with Crippen LogP contribution in [0.2, 0.25) is 0 Å². The minimum atomic E-state index is -0.122. The molecule has 0 unspecified atom stereocenters. The quantitative estimate of drug-likeness (QED) is 0.0557. The van der Waals surface area contributed by atoms with E-state index in [4.69, 9.17) is 0 Å². The fourth-order valence-corrected chi connectivity index (χ4v) is 17.2. The summed E-state index contributed by atoms with van der Waals surface area (Å²) in [4.78, 5) is 5.56. The van der Waals surface area contributed by atoms with E-state index in [1.807, 2.05) is 0 Å². The van der Waals surface area contributed by atoms with Gasteiger partial charge in [-0.25, -0.2) is 0 Å². The van der Waals surface area contributed by atoms with Gasteiger partial charge in [0.1, 0.15) is 0 Å². The second kappa shape index (κ2) is 29.1. The van der Waals surface area contributed by atoms with Crippen molar-refractivity contribution in [1.29, 1.82) is 0 Å². The highest BCUT2D eigenvalue weighted by Gasteiger charge is 2.44. The first kappa shape index (κ1) is 68.6. The van der Waals surface area contributed by atoms with Gasteiger partial charge in [0.15, 0.2) is 0 Å². The predicted octanol–water partition coefficient (Wildman–Crippen LogP) is 25.8. The molecule has 0 atom stereocenters. The lowest BCUT2D eigenvalue weighted by Gasteiger charge is -2.45. The smallest absolute Gasteiger partial charge is 0.252 e. The molecule has 0 amide bonds. The van der Waals surface area contributed by atoms with E-state index in [-0.39, 0.29) is 17.5 Å². The van der Waals surface area contributed by atoms with E-state index >= 15 is 0 Å². The molecule has 1 aromatic heterocycles. The minimum absolute atomic E-state index is 0.0134. The lowest BCUT2D eigenvalue weighted by Crippen LogP contribution is -2.62. The molecule has 107 heavy (non-hydrogen) atoms. The number of aromatic nitrogens is 1. The Morgan fingerprint density at radius 1 is 0.280 bits per heavy atom. The van der Waals surface area contributed by atoms with Gasteiger partial charge in [-0.3, -0.25) is 0 Å². The maximum atomic E-state index is 2.80. The summed E-state index contributed by atoms with van der Waals surface area (Å²) in [5.41, 5.74) is 36.4. The number of aryl methyl sites for hydroxylation is 1. The van der Waals surface area contributed by atoms with Gasteiger partial charge < -0.3 is 14.4 Å². The van der Waals surface area contributed by atoms with Gasteiger partial charge in [-0.1, -0.05) is 329 Å². The number of rotatable bonds is 20. The Bertz CT molecular complexity index is 5520. The second-order valence-corrected chi connectivity index (χ2v) is 32.0. The predicted molar refractivity (Wildman–Crippen MR) is 460 cm³/mol. The Kier molecular flexibility index (Phi) is 18.7. The van der Waals surface area contributed by atoms with Gasteiger partial charge in [0.05, 0.1) is 0 Å². The van der Waals surface area contributed by atoms with Gasteiger partial charge in [-0.05, 0) is 224 Å². The third-order valence-electron chi connectivity index (χ3n) is 22.9. The summed E-state index contributed by atoms with van der Waals surface area (Å²) in [6, 6.07) is 123. The summed E-state index contributed by atoms with van der Waals surface area (Å²) in [6.45, 7) is 18.2. The zero-order chi connectivity index (χ0) is 72.8. The van der Waals surface area contributed by atoms with Crippen LogP contribution in [-0.4, -0.2) is 11.3 Å². The van der Waals surface area contributed by atoms with Crippen molar-refractivity contribution >= 4 is 67.7 Å². The third kappa shape index (κ3) is 13.5. The average Bonchev–Trinajstić information content (AvgIpc) is 1.11. The lowest BCUT2D eigenvalue weighted by atomic mass is 9.33. The first-order valence-electron chi connectivity index (χ1n) is 39.1. The van der Waals surface area contributed by atoms with E-state index in [2.05, 4.69) is 384 Å². The number of unbranched alkanes of at least 4 members (excludes halogenated alkanes) is 5. The molecular weight excluding hydrogens is 1290 g/mol. The minimum Gasteiger partial charge on any atom is -0.338 e. The molecule has 0 spiro atoms. The molecule has 4 heteroatoms. The van der Waals surface area contributed by atoms with Crippen LogP contribution < -0.4 is 26.2 Å². The average molecular weight is 1380 g/mol. The fourth-order valence-electron chi connectivity index (χ4n) is 17.2. The molecule has 0 bridgehead atoms. The monoisotopic (exact) mass is 1380 g/mol. The number of nitrogens with zero attached hydrogens (tertiary/aromatic N) is 3. The van der Waals surface area contributed by atoms with Crippen molar-refractivity contribution in [3.05, 3.63) is 355 Å². The van der Waals surface area contributed by atoms with Gasteiger partial charge >= 0.3 is 0 Å². The Morgan fingerprint density at radius 2 is 0.664 bits per heavy atom. The van der Waals surface area contributed by atoms with Gasteiger partial charge in [-0.2, -0.15) is 0 Å². The molecule has 0 saturated carbocycles. The SMILES string of the molecule is CCCCCCCCc1cc2c3c(c1)N(Cc1c(-c4ccccc4)cc(-c4ccccc4)cc1-c1ccccc1)c1cc(Cn4c5ccc(C(C)(C)C)cc5c5cc(C(C)(C)C)ccc54)ccc1B3c1cc(-c3ccccc3)ccc1N2Cc1c(-c2ccccc2)cc(-c2ccccc2)cc1-c1ccccc1. The Morgan fingerprint density at radius 3 is 1.08 bits per heavy atom. The molecule has 524 valence electrons. The molecule has 3 nitrogen and oxygen atoms in total. The summed E-state index contributed by atoms with van der Waals surface area (Å²) in [5, 5.41) is 2.63. The van der Waals surface area contributed by atoms with Crippen LogP contribution in [0.5, 0.6) is 0 Å². The summed E-state index contributed by atoms with van der Waals surface area (Å²) in [5.74, 6) is 0. The van der Waals surface area contributed by atoms with Gasteiger partial charge in [0, 0.05) is 64.2 Å². The molecule has 0 radical (unpaired) electrons. The first-order chi connectivity index (χ1) is 52.3. The van der Waals surface area contributed by atoms with Crippen molar-refractivity contribution in [1.82, 2.24) is 4.57 Å². The molecule has 2 aliphatic heterocycles. The highest BCUT2D eigenvalue weighted by atomic mass is 15.2. The van der Waals surface area contributed by atoms with Crippen LogP contribution >= 0.6 is 0 Å². The van der Waals surface area contributed by atoms with Crippen molar-refractivity contribution in [2.75, 3.05) is 9.80 Å². The second-order valence-electron chi connectivity index (χ2n) is 32.0. The topological polar surface area (TPSA) is 11.4 Å². The van der Waals surface area contributed by atoms with Crippen molar-refractivity contribution in [3.63, 3.8) is 0 Å². The molecule has 14 aromatic carbocycles. The zero-order valence-corrected chi connectivity index (χ0v) is 63.1. The number of fused-ring (bicyclic) bond motifs is 7. The summed E-state index contributed by atoms with van der Waals surface area (Å²) >= 11 is 0. The summed E-state index contributed by atoms with van der Waals surface area (Å²) in [7, 11) is 0. The van der Waals surface area contributed by atoms with E-state index in [1.165, 1.54) is 204 Å². The van der Waals surface area contributed by atoms with E-state index < -0.39 is 0 Å². The van der Waals surface area contributed by atoms with E-state index in [0.29, 0.717) is 19.6 Å². The summed E-state index contributed by atoms with van der Waals surface area (Å²) in [6.07, 6.45) is 8.30. The van der Waals surface area contributed by atoms with Crippen LogP contribution in [-0.2, 0) is 36.9 Å². The van der Waals surface area contributed by atoms with Crippen molar-refractivity contribution in [2.45, 2.75) is 124 Å². The van der Waals surface area contributed by atoms with Gasteiger partial charge in [0.25, 0.3) is 6.71 Å². The van der Waals surface area contributed by atoms with Crippen LogP contribution in [0.1, 0.15) is 120 Å². The largest absolute Gasteiger partial charge is 0.338 e. The van der Waals surface area contributed by atoms with E-state index in [9.17, 15) is 0 Å².